The van der Waals surface area contributed by atoms with Crippen LogP contribution in [0.1, 0.15) is 29.1 Å². The van der Waals surface area contributed by atoms with Crippen LogP contribution >= 0.6 is 0 Å². The van der Waals surface area contributed by atoms with Crippen molar-refractivity contribution in [1.82, 2.24) is 0 Å². The van der Waals surface area contributed by atoms with Crippen molar-refractivity contribution < 1.29 is 1.43 Å². The molecule has 0 spiro atoms. The molecule has 0 aliphatic rings. The average molecular weight is 63.2 g/mol. The number of hydrogen-bond acceptors (Lipinski definition) is 0. The zero-order valence-electron chi connectivity index (χ0n) is 4.00. The smallest absolute Gasteiger partial charge is 0 e. The molecule has 0 heterocycles. The molecule has 0 aliphatic heterocycles. The highest BCUT2D eigenvalue weighted by Crippen LogP contribution is 1.15. The Balaban J connectivity index is -0.0000000133. The molecule has 0 aromatic heterocycles. The molecule has 0 radical (unpaired) electrons. The summed E-state index contributed by atoms with van der Waals surface area (Å²) in [6, 6.07) is 0. The lowest BCUT2D eigenvalue weighted by atomic mass is 11.0. The van der Waals surface area contributed by atoms with Crippen LogP contribution in [0.25, 0.3) is 0 Å². The molecular weight excluding hydrogens is 48.0 g/mol. The maximum atomic E-state index is 2.00. The van der Waals surface area contributed by atoms with E-state index in [0.717, 1.165) is 0 Å². The Kier molecular flexibility index (Phi) is 0. The van der Waals surface area contributed by atoms with Gasteiger partial charge >= 0.3 is 0 Å². The van der Waals surface area contributed by atoms with Gasteiger partial charge in [-0.1, -0.05) is 27.7 Å². The molecule has 0 atom stereocenters. The van der Waals surface area contributed by atoms with Crippen molar-refractivity contribution >= 4 is 0 Å². The van der Waals surface area contributed by atoms with E-state index in [2.05, 4.69) is 0 Å². The predicted octanol–water partition coefficient (Wildman–Crippen LogP) is 2.30. The van der Waals surface area contributed by atoms with Gasteiger partial charge < -0.3 is 0 Å². The molecule has 0 nitrogen and oxygen atoms in total. The van der Waals surface area contributed by atoms with E-state index in [1.807, 2.05) is 27.7 Å². The normalized spacial score (nSPS) is 3.00. The molecule has 0 saturated carbocycles. The van der Waals surface area contributed by atoms with Crippen LogP contribution in [0.2, 0.25) is 0 Å². The first-order valence-electron chi connectivity index (χ1n) is 2.00. The van der Waals surface area contributed by atoms with Crippen LogP contribution in [0, 0.1) is 0 Å². The largest absolute Gasteiger partial charge is 0.0683 e. The molecule has 30 valence electrons. The summed E-state index contributed by atoms with van der Waals surface area (Å²) in [4.78, 5) is 0. The number of hydrogen-bond donors (Lipinski definition) is 0. The van der Waals surface area contributed by atoms with Gasteiger partial charge in [-0.3, -0.25) is 0 Å². The molecule has 0 saturated heterocycles. The van der Waals surface area contributed by atoms with Crippen molar-refractivity contribution in [2.45, 2.75) is 27.7 Å². The lowest BCUT2D eigenvalue weighted by Crippen LogP contribution is -0.856. The van der Waals surface area contributed by atoms with Crippen LogP contribution in [-0.2, 0) is 0 Å². The molecule has 0 aromatic rings. The van der Waals surface area contributed by atoms with Crippen molar-refractivity contribution in [3.05, 3.63) is 0 Å². The zero-order chi connectivity index (χ0) is 4.00. The van der Waals surface area contributed by atoms with Crippen LogP contribution in [-0.4, -0.2) is 0 Å². The van der Waals surface area contributed by atoms with Gasteiger partial charge in [-0.15, -0.1) is 0 Å². The maximum absolute atomic E-state index is 2.00. The maximum Gasteiger partial charge on any atom is 0 e. The third-order valence-corrected chi connectivity index (χ3v) is 0. The van der Waals surface area contributed by atoms with E-state index >= 15 is 0 Å². The standard InChI is InChI=1S/2C2H6.H2/c2*1-2;/h2*1-2H3;1H/i;;1+1. The van der Waals surface area contributed by atoms with Crippen LogP contribution in [0.3, 0.4) is 0 Å². The van der Waals surface area contributed by atoms with Crippen LogP contribution in [0.15, 0.2) is 0 Å². The lowest BCUT2D eigenvalue weighted by Gasteiger charge is -1.07. The minimum Gasteiger partial charge on any atom is -0.0683 e. The molecule has 0 aliphatic carbocycles. The van der Waals surface area contributed by atoms with E-state index in [1.54, 1.807) is 0 Å². The van der Waals surface area contributed by atoms with Crippen LogP contribution < -0.4 is 0 Å². The van der Waals surface area contributed by atoms with Gasteiger partial charge in [0.2, 0.25) is 0 Å². The molecule has 0 rings (SSSR count). The molecule has 0 bridgehead atoms. The van der Waals surface area contributed by atoms with E-state index < -0.39 is 0 Å². The highest BCUT2D eigenvalue weighted by atomic mass is 13.0. The summed E-state index contributed by atoms with van der Waals surface area (Å²) in [6.45, 7) is 8.00. The predicted molar refractivity (Wildman–Crippen MR) is 24.8 cm³/mol. The summed E-state index contributed by atoms with van der Waals surface area (Å²) in [5.74, 6) is 0. The lowest BCUT2D eigenvalue weighted by molar-refractivity contribution is 1.50. The van der Waals surface area contributed by atoms with Crippen LogP contribution in [0.4, 0.5) is 0 Å². The molecular formula is C4H14. The van der Waals surface area contributed by atoms with E-state index in [4.69, 9.17) is 0 Å². The fraction of sp³-hybridized carbons (Fsp3) is 1.00. The molecule has 0 heteroatoms. The van der Waals surface area contributed by atoms with Crippen molar-refractivity contribution in [3.8, 4) is 0 Å². The van der Waals surface area contributed by atoms with E-state index in [0.29, 0.717) is 0 Å². The summed E-state index contributed by atoms with van der Waals surface area (Å²) in [5.41, 5.74) is 0. The fourth-order valence-corrected chi connectivity index (χ4v) is 0. The Labute approximate surface area is 30.3 Å². The molecule has 0 aromatic carbocycles. The third-order valence-electron chi connectivity index (χ3n) is 0. The second kappa shape index (κ2) is 0. The van der Waals surface area contributed by atoms with Gasteiger partial charge in [-0.25, -0.2) is 0 Å². The van der Waals surface area contributed by atoms with Crippen LogP contribution in [0.5, 0.6) is 0 Å². The molecule has 0 fully saturated rings. The third kappa shape index (κ3) is 0. The van der Waals surface area contributed by atoms with Gasteiger partial charge in [0.05, 0.1) is 0 Å². The fourth-order valence-electron chi connectivity index (χ4n) is 0. The second-order valence-electron chi connectivity index (χ2n) is 0. The topological polar surface area (TPSA) is 0 Å². The second-order valence-corrected chi connectivity index (χ2v) is 0. The van der Waals surface area contributed by atoms with Gasteiger partial charge in [0.1, 0.15) is 0 Å². The summed E-state index contributed by atoms with van der Waals surface area (Å²) in [7, 11) is 0. The SMILES string of the molecule is CC.CC.[2HH]. The first-order chi connectivity index (χ1) is 2.00. The minimum atomic E-state index is 0. The van der Waals surface area contributed by atoms with Crippen molar-refractivity contribution in [2.75, 3.05) is 0 Å². The summed E-state index contributed by atoms with van der Waals surface area (Å²) in [5, 5.41) is 0. The summed E-state index contributed by atoms with van der Waals surface area (Å²) >= 11 is 0. The highest BCUT2D eigenvalue weighted by molar-refractivity contribution is 3.51. The van der Waals surface area contributed by atoms with Gasteiger partial charge in [0, 0.05) is 1.43 Å². The Hall–Kier alpha value is 0. The Morgan fingerprint density at radius 3 is 0.750 bits per heavy atom. The van der Waals surface area contributed by atoms with Crippen molar-refractivity contribution in [1.29, 1.82) is 0 Å². The van der Waals surface area contributed by atoms with Crippen molar-refractivity contribution in [2.24, 2.45) is 0 Å². The summed E-state index contributed by atoms with van der Waals surface area (Å²) in [6.07, 6.45) is 0. The van der Waals surface area contributed by atoms with Gasteiger partial charge in [-0.05, 0) is 0 Å². The first-order valence-corrected chi connectivity index (χ1v) is 2.00. The Bertz CT molecular complexity index is 3.61. The monoisotopic (exact) mass is 63.1 g/mol. The summed E-state index contributed by atoms with van der Waals surface area (Å²) < 4.78 is 0. The van der Waals surface area contributed by atoms with Gasteiger partial charge in [-0.2, -0.15) is 0 Å². The Morgan fingerprint density at radius 1 is 0.750 bits per heavy atom. The first kappa shape index (κ1) is 9.00. The molecule has 0 N–H and O–H groups in total. The van der Waals surface area contributed by atoms with E-state index in [-0.39, 0.29) is 1.43 Å². The minimum absolute atomic E-state index is 0. The van der Waals surface area contributed by atoms with Gasteiger partial charge in [0.25, 0.3) is 0 Å². The van der Waals surface area contributed by atoms with E-state index in [1.165, 1.54) is 0 Å². The van der Waals surface area contributed by atoms with E-state index in [9.17, 15) is 0 Å². The Morgan fingerprint density at radius 2 is 0.750 bits per heavy atom. The van der Waals surface area contributed by atoms with Crippen molar-refractivity contribution in [3.63, 3.8) is 0 Å². The van der Waals surface area contributed by atoms with Gasteiger partial charge in [0.15, 0.2) is 0 Å². The molecule has 4 heavy (non-hydrogen) atoms. The average Bonchev–Trinajstić information content (AvgIpc) is 1.50. The highest BCUT2D eigenvalue weighted by Gasteiger charge is 0.934. The molecule has 0 amide bonds. The quantitative estimate of drug-likeness (QED) is 0.404. The number of rotatable bonds is 0. The molecule has 0 unspecified atom stereocenters. The zero-order valence-corrected chi connectivity index (χ0v) is 4.00.